The van der Waals surface area contributed by atoms with Crippen LogP contribution in [0.2, 0.25) is 0 Å². The zero-order chi connectivity index (χ0) is 14.6. The second-order valence-corrected chi connectivity index (χ2v) is 5.60. The lowest BCUT2D eigenvalue weighted by Crippen LogP contribution is -2.40. The SMILES string of the molecule is CC(C)CN(CC(N)=O)C(=O)c1ccc(C(=O)O)s1. The van der Waals surface area contributed by atoms with Crippen molar-refractivity contribution in [3.8, 4) is 0 Å². The number of amides is 2. The smallest absolute Gasteiger partial charge is 0.345 e. The summed E-state index contributed by atoms with van der Waals surface area (Å²) >= 11 is 0.889. The molecule has 19 heavy (non-hydrogen) atoms. The summed E-state index contributed by atoms with van der Waals surface area (Å²) in [7, 11) is 0. The quantitative estimate of drug-likeness (QED) is 0.814. The Kier molecular flexibility index (Phi) is 5.05. The molecular weight excluding hydrogens is 268 g/mol. The average Bonchev–Trinajstić information content (AvgIpc) is 2.75. The van der Waals surface area contributed by atoms with Gasteiger partial charge < -0.3 is 15.7 Å². The zero-order valence-electron chi connectivity index (χ0n) is 10.8. The fourth-order valence-electron chi connectivity index (χ4n) is 1.57. The molecule has 0 fully saturated rings. The second kappa shape index (κ2) is 6.33. The summed E-state index contributed by atoms with van der Waals surface area (Å²) in [5, 5.41) is 8.82. The maximum absolute atomic E-state index is 12.2. The monoisotopic (exact) mass is 284 g/mol. The van der Waals surface area contributed by atoms with Crippen LogP contribution in [-0.2, 0) is 4.79 Å². The highest BCUT2D eigenvalue weighted by atomic mass is 32.1. The van der Waals surface area contributed by atoms with Gasteiger partial charge in [-0.3, -0.25) is 9.59 Å². The van der Waals surface area contributed by atoms with Crippen molar-refractivity contribution < 1.29 is 19.5 Å². The van der Waals surface area contributed by atoms with Gasteiger partial charge in [-0.1, -0.05) is 13.8 Å². The maximum Gasteiger partial charge on any atom is 0.345 e. The highest BCUT2D eigenvalue weighted by Crippen LogP contribution is 2.19. The van der Waals surface area contributed by atoms with Gasteiger partial charge in [-0.2, -0.15) is 0 Å². The molecule has 1 rings (SSSR count). The number of hydrogen-bond donors (Lipinski definition) is 2. The number of carbonyl (C=O) groups excluding carboxylic acids is 2. The van der Waals surface area contributed by atoms with E-state index in [0.717, 1.165) is 11.3 Å². The number of nitrogens with two attached hydrogens (primary N) is 1. The van der Waals surface area contributed by atoms with E-state index >= 15 is 0 Å². The van der Waals surface area contributed by atoms with Crippen molar-refractivity contribution >= 4 is 29.1 Å². The number of carboxylic acid groups (broad SMARTS) is 1. The Hall–Kier alpha value is -1.89. The fourth-order valence-corrected chi connectivity index (χ4v) is 2.38. The molecule has 0 bridgehead atoms. The van der Waals surface area contributed by atoms with Gasteiger partial charge in [0.2, 0.25) is 5.91 Å². The normalized spacial score (nSPS) is 10.5. The first-order chi connectivity index (χ1) is 8.81. The van der Waals surface area contributed by atoms with Crippen LogP contribution in [0, 0.1) is 5.92 Å². The van der Waals surface area contributed by atoms with E-state index in [0.29, 0.717) is 11.4 Å². The van der Waals surface area contributed by atoms with Gasteiger partial charge in [-0.05, 0) is 18.1 Å². The summed E-state index contributed by atoms with van der Waals surface area (Å²) in [6, 6.07) is 2.82. The predicted molar refractivity (Wildman–Crippen MR) is 71.2 cm³/mol. The van der Waals surface area contributed by atoms with E-state index in [4.69, 9.17) is 10.8 Å². The number of nitrogens with zero attached hydrogens (tertiary/aromatic N) is 1. The lowest BCUT2D eigenvalue weighted by Gasteiger charge is -2.22. The van der Waals surface area contributed by atoms with Crippen LogP contribution in [-0.4, -0.2) is 40.9 Å². The Morgan fingerprint density at radius 3 is 2.32 bits per heavy atom. The third kappa shape index (κ3) is 4.36. The summed E-state index contributed by atoms with van der Waals surface area (Å²) in [6.45, 7) is 4.05. The highest BCUT2D eigenvalue weighted by molar-refractivity contribution is 7.15. The molecule has 0 aliphatic rings. The number of rotatable bonds is 6. The number of carbonyl (C=O) groups is 3. The Balaban J connectivity index is 2.90. The molecule has 6 nitrogen and oxygen atoms in total. The molecule has 0 aliphatic heterocycles. The van der Waals surface area contributed by atoms with Crippen LogP contribution in [0.3, 0.4) is 0 Å². The molecule has 104 valence electrons. The fraction of sp³-hybridized carbons (Fsp3) is 0.417. The molecule has 2 amide bonds. The predicted octanol–water partition coefficient (Wildman–Crippen LogP) is 1.03. The van der Waals surface area contributed by atoms with E-state index in [-0.39, 0.29) is 23.2 Å². The van der Waals surface area contributed by atoms with Gasteiger partial charge in [-0.15, -0.1) is 11.3 Å². The third-order valence-corrected chi connectivity index (χ3v) is 3.31. The lowest BCUT2D eigenvalue weighted by molar-refractivity contribution is -0.118. The molecule has 0 radical (unpaired) electrons. The summed E-state index contributed by atoms with van der Waals surface area (Å²) < 4.78 is 0. The molecule has 0 saturated heterocycles. The van der Waals surface area contributed by atoms with Gasteiger partial charge in [0.05, 0.1) is 11.4 Å². The zero-order valence-corrected chi connectivity index (χ0v) is 11.6. The van der Waals surface area contributed by atoms with Gasteiger partial charge in [0, 0.05) is 6.54 Å². The molecule has 0 atom stereocenters. The average molecular weight is 284 g/mol. The highest BCUT2D eigenvalue weighted by Gasteiger charge is 2.21. The third-order valence-electron chi connectivity index (χ3n) is 2.25. The molecule has 0 spiro atoms. The van der Waals surface area contributed by atoms with Gasteiger partial charge >= 0.3 is 5.97 Å². The van der Waals surface area contributed by atoms with Crippen LogP contribution in [0.5, 0.6) is 0 Å². The molecule has 3 N–H and O–H groups in total. The topological polar surface area (TPSA) is 101 Å². The van der Waals surface area contributed by atoms with Crippen LogP contribution < -0.4 is 5.73 Å². The van der Waals surface area contributed by atoms with E-state index in [1.807, 2.05) is 13.8 Å². The van der Waals surface area contributed by atoms with Crippen molar-refractivity contribution in [2.45, 2.75) is 13.8 Å². The summed E-state index contributed by atoms with van der Waals surface area (Å²) in [4.78, 5) is 35.7. The van der Waals surface area contributed by atoms with Gasteiger partial charge in [0.25, 0.3) is 5.91 Å². The molecule has 1 heterocycles. The first kappa shape index (κ1) is 15.2. The van der Waals surface area contributed by atoms with Gasteiger partial charge in [-0.25, -0.2) is 4.79 Å². The molecule has 7 heteroatoms. The van der Waals surface area contributed by atoms with Crippen molar-refractivity contribution in [1.82, 2.24) is 4.90 Å². The van der Waals surface area contributed by atoms with Crippen molar-refractivity contribution in [3.63, 3.8) is 0 Å². The standard InChI is InChI=1S/C12H16N2O4S/c1-7(2)5-14(6-10(13)15)11(16)8-3-4-9(19-8)12(17)18/h3-4,7H,5-6H2,1-2H3,(H2,13,15)(H,17,18). The summed E-state index contributed by atoms with van der Waals surface area (Å²) in [5.74, 6) is -1.86. The second-order valence-electron chi connectivity index (χ2n) is 4.51. The van der Waals surface area contributed by atoms with E-state index in [1.54, 1.807) is 0 Å². The molecule has 0 unspecified atom stereocenters. The van der Waals surface area contributed by atoms with Crippen LogP contribution in [0.4, 0.5) is 0 Å². The maximum atomic E-state index is 12.2. The number of hydrogen-bond acceptors (Lipinski definition) is 4. The largest absolute Gasteiger partial charge is 0.477 e. The molecule has 0 aromatic carbocycles. The minimum Gasteiger partial charge on any atom is -0.477 e. The minimum absolute atomic E-state index is 0.0897. The van der Waals surface area contributed by atoms with Crippen LogP contribution in [0.25, 0.3) is 0 Å². The van der Waals surface area contributed by atoms with Crippen molar-refractivity contribution in [2.75, 3.05) is 13.1 Å². The Bertz CT molecular complexity index is 496. The van der Waals surface area contributed by atoms with Gasteiger partial charge in [0.15, 0.2) is 0 Å². The van der Waals surface area contributed by atoms with Crippen molar-refractivity contribution in [3.05, 3.63) is 21.9 Å². The minimum atomic E-state index is -1.07. The van der Waals surface area contributed by atoms with E-state index in [2.05, 4.69) is 0 Å². The lowest BCUT2D eigenvalue weighted by atomic mass is 10.2. The first-order valence-corrected chi connectivity index (χ1v) is 6.53. The molecular formula is C12H16N2O4S. The van der Waals surface area contributed by atoms with Crippen LogP contribution in [0.15, 0.2) is 12.1 Å². The van der Waals surface area contributed by atoms with E-state index in [9.17, 15) is 14.4 Å². The van der Waals surface area contributed by atoms with E-state index in [1.165, 1.54) is 17.0 Å². The first-order valence-electron chi connectivity index (χ1n) is 5.72. The molecule has 1 aromatic rings. The number of primary amides is 1. The van der Waals surface area contributed by atoms with E-state index < -0.39 is 11.9 Å². The number of thiophene rings is 1. The molecule has 0 saturated carbocycles. The van der Waals surface area contributed by atoms with Gasteiger partial charge in [0.1, 0.15) is 4.88 Å². The molecule has 1 aromatic heterocycles. The van der Waals surface area contributed by atoms with Crippen LogP contribution >= 0.6 is 11.3 Å². The van der Waals surface area contributed by atoms with Crippen molar-refractivity contribution in [2.24, 2.45) is 11.7 Å². The number of carboxylic acids is 1. The Labute approximate surface area is 114 Å². The molecule has 0 aliphatic carbocycles. The summed E-state index contributed by atoms with van der Waals surface area (Å²) in [5.41, 5.74) is 5.11. The Morgan fingerprint density at radius 2 is 1.89 bits per heavy atom. The van der Waals surface area contributed by atoms with Crippen LogP contribution in [0.1, 0.15) is 33.2 Å². The number of aromatic carboxylic acids is 1. The van der Waals surface area contributed by atoms with Crippen molar-refractivity contribution in [1.29, 1.82) is 0 Å². The summed E-state index contributed by atoms with van der Waals surface area (Å²) in [6.07, 6.45) is 0. The Morgan fingerprint density at radius 1 is 1.32 bits per heavy atom.